The first kappa shape index (κ1) is 37.3. The Morgan fingerprint density at radius 3 is 1.65 bits per heavy atom. The van der Waals surface area contributed by atoms with Gasteiger partial charge < -0.3 is 0 Å². The molecule has 2 aliphatic rings. The molecule has 2 aliphatic carbocycles. The summed E-state index contributed by atoms with van der Waals surface area (Å²) in [5.41, 5.74) is 15.7. The van der Waals surface area contributed by atoms with E-state index in [1.54, 1.807) is 0 Å². The minimum Gasteiger partial charge on any atom is -0.208 e. The van der Waals surface area contributed by atoms with Gasteiger partial charge in [-0.1, -0.05) is 172 Å². The normalized spacial score (nSPS) is 15.5. The van der Waals surface area contributed by atoms with Crippen LogP contribution in [0.4, 0.5) is 0 Å². The summed E-state index contributed by atoms with van der Waals surface area (Å²) in [7, 11) is 0. The molecule has 0 fully saturated rings. The molecule has 0 bridgehead atoms. The molecule has 62 heavy (non-hydrogen) atoms. The van der Waals surface area contributed by atoms with E-state index in [0.29, 0.717) is 29.0 Å². The first-order valence-corrected chi connectivity index (χ1v) is 21.5. The Balaban J connectivity index is 0.990. The molecule has 0 saturated heterocycles. The Kier molecular flexibility index (Phi) is 9.24. The van der Waals surface area contributed by atoms with E-state index in [4.69, 9.17) is 15.0 Å². The van der Waals surface area contributed by atoms with Crippen molar-refractivity contribution < 1.29 is 0 Å². The molecule has 2 atom stereocenters. The molecule has 2 unspecified atom stereocenters. The SMILES string of the molecule is CC1C=Cc2c(-c3cc(C#N)cc(C4=Cc5c(c6ccccc6c6ccccc56)CC4C)c3)ccc(-c3ccc(-c4nc(-c5ccccc5)nc(-c5ccccc5)n4)cc3)c2C1. The summed E-state index contributed by atoms with van der Waals surface area (Å²) in [5.74, 6) is 2.61. The number of hydrogen-bond acceptors (Lipinski definition) is 4. The minimum atomic E-state index is 0.279. The van der Waals surface area contributed by atoms with Crippen LogP contribution in [0.25, 0.3) is 95.7 Å². The first-order chi connectivity index (χ1) is 30.5. The monoisotopic (exact) mass is 794 g/mol. The summed E-state index contributed by atoms with van der Waals surface area (Å²) in [6.45, 7) is 4.61. The zero-order chi connectivity index (χ0) is 41.7. The number of fused-ring (bicyclic) bond motifs is 7. The topological polar surface area (TPSA) is 62.5 Å². The molecule has 0 spiro atoms. The van der Waals surface area contributed by atoms with Gasteiger partial charge in [0.05, 0.1) is 11.6 Å². The highest BCUT2D eigenvalue weighted by molar-refractivity contribution is 6.14. The number of nitrogens with zero attached hydrogens (tertiary/aromatic N) is 4. The van der Waals surface area contributed by atoms with Gasteiger partial charge >= 0.3 is 0 Å². The second kappa shape index (κ2) is 15.4. The molecule has 0 saturated carbocycles. The highest BCUT2D eigenvalue weighted by Crippen LogP contribution is 2.45. The maximum absolute atomic E-state index is 10.4. The summed E-state index contributed by atoms with van der Waals surface area (Å²) in [6.07, 6.45) is 8.89. The van der Waals surface area contributed by atoms with Crippen molar-refractivity contribution in [1.29, 1.82) is 5.26 Å². The van der Waals surface area contributed by atoms with Crippen molar-refractivity contribution in [2.24, 2.45) is 11.8 Å². The molecule has 4 nitrogen and oxygen atoms in total. The highest BCUT2D eigenvalue weighted by atomic mass is 15.0. The van der Waals surface area contributed by atoms with E-state index < -0.39 is 0 Å². The number of aromatic nitrogens is 3. The molecule has 0 aliphatic heterocycles. The van der Waals surface area contributed by atoms with Crippen molar-refractivity contribution in [2.75, 3.05) is 0 Å². The third kappa shape index (κ3) is 6.60. The van der Waals surface area contributed by atoms with Crippen LogP contribution in [0.3, 0.4) is 0 Å². The standard InChI is InChI=1S/C58H42N4/c1-36-21-26-51-46(43-31-38(35-59)32-44(33-43)52-34-55-50-20-12-10-18-48(50)47-17-9-11-19-49(47)54(55)30-37(52)2)28-27-45(53(51)29-36)39-22-24-42(25-23-39)58-61-56(40-13-5-3-6-14-40)60-57(62-58)41-15-7-4-8-16-41/h3-28,31-34,36-37H,29-30H2,1-2H3. The van der Waals surface area contributed by atoms with Crippen molar-refractivity contribution in [1.82, 2.24) is 15.0 Å². The van der Waals surface area contributed by atoms with E-state index >= 15 is 0 Å². The van der Waals surface area contributed by atoms with E-state index in [-0.39, 0.29) is 5.92 Å². The van der Waals surface area contributed by atoms with Crippen LogP contribution in [0.1, 0.15) is 47.2 Å². The molecule has 1 heterocycles. The van der Waals surface area contributed by atoms with E-state index in [9.17, 15) is 5.26 Å². The van der Waals surface area contributed by atoms with E-state index in [1.807, 2.05) is 60.7 Å². The second-order valence-electron chi connectivity index (χ2n) is 16.8. The van der Waals surface area contributed by atoms with Crippen molar-refractivity contribution in [2.45, 2.75) is 26.7 Å². The molecule has 0 N–H and O–H groups in total. The van der Waals surface area contributed by atoms with Gasteiger partial charge in [0.15, 0.2) is 17.5 Å². The molecule has 4 heteroatoms. The lowest BCUT2D eigenvalue weighted by Crippen LogP contribution is -2.11. The Labute approximate surface area is 362 Å². The van der Waals surface area contributed by atoms with E-state index in [2.05, 4.69) is 141 Å². The lowest BCUT2D eigenvalue weighted by Gasteiger charge is -2.27. The predicted molar refractivity (Wildman–Crippen MR) is 256 cm³/mol. The predicted octanol–water partition coefficient (Wildman–Crippen LogP) is 14.3. The van der Waals surface area contributed by atoms with Gasteiger partial charge in [-0.05, 0) is 126 Å². The number of benzene rings is 8. The third-order valence-corrected chi connectivity index (χ3v) is 12.8. The Bertz CT molecular complexity index is 3260. The van der Waals surface area contributed by atoms with Crippen molar-refractivity contribution in [3.05, 3.63) is 203 Å². The summed E-state index contributed by atoms with van der Waals surface area (Å²) in [5, 5.41) is 15.6. The number of nitriles is 1. The van der Waals surface area contributed by atoms with Gasteiger partial charge in [0.1, 0.15) is 0 Å². The molecule has 1 aromatic heterocycles. The summed E-state index contributed by atoms with van der Waals surface area (Å²) < 4.78 is 0. The van der Waals surface area contributed by atoms with Crippen molar-refractivity contribution in [3.8, 4) is 62.5 Å². The molecular formula is C58H42N4. The van der Waals surface area contributed by atoms with Crippen molar-refractivity contribution in [3.63, 3.8) is 0 Å². The lowest BCUT2D eigenvalue weighted by molar-refractivity contribution is 0.719. The molecule has 0 radical (unpaired) electrons. The van der Waals surface area contributed by atoms with Crippen LogP contribution in [0.5, 0.6) is 0 Å². The smallest absolute Gasteiger partial charge is 0.164 e. The van der Waals surface area contributed by atoms with Gasteiger partial charge in [-0.25, -0.2) is 15.0 Å². The Morgan fingerprint density at radius 1 is 0.468 bits per heavy atom. The van der Waals surface area contributed by atoms with E-state index in [0.717, 1.165) is 51.8 Å². The zero-order valence-corrected chi connectivity index (χ0v) is 34.7. The van der Waals surface area contributed by atoms with E-state index in [1.165, 1.54) is 54.9 Å². The van der Waals surface area contributed by atoms with Gasteiger partial charge in [0, 0.05) is 16.7 Å². The molecule has 0 amide bonds. The lowest BCUT2D eigenvalue weighted by atomic mass is 9.77. The molecule has 8 aromatic carbocycles. The van der Waals surface area contributed by atoms with Crippen LogP contribution in [0, 0.1) is 23.2 Å². The Hall–Kier alpha value is -7.74. The minimum absolute atomic E-state index is 0.279. The maximum Gasteiger partial charge on any atom is 0.164 e. The quantitative estimate of drug-likeness (QED) is 0.157. The first-order valence-electron chi connectivity index (χ1n) is 21.5. The van der Waals surface area contributed by atoms with Gasteiger partial charge in [-0.15, -0.1) is 0 Å². The molecule has 294 valence electrons. The summed E-state index contributed by atoms with van der Waals surface area (Å²) >= 11 is 0. The van der Waals surface area contributed by atoms with Crippen LogP contribution in [0.15, 0.2) is 170 Å². The maximum atomic E-state index is 10.4. The second-order valence-corrected chi connectivity index (χ2v) is 16.8. The largest absolute Gasteiger partial charge is 0.208 e. The van der Waals surface area contributed by atoms with Gasteiger partial charge in [0.25, 0.3) is 0 Å². The Morgan fingerprint density at radius 2 is 1.00 bits per heavy atom. The van der Waals surface area contributed by atoms with Gasteiger partial charge in [0.2, 0.25) is 0 Å². The fourth-order valence-corrected chi connectivity index (χ4v) is 9.71. The van der Waals surface area contributed by atoms with Crippen LogP contribution in [-0.4, -0.2) is 15.0 Å². The zero-order valence-electron chi connectivity index (χ0n) is 34.7. The third-order valence-electron chi connectivity index (χ3n) is 12.8. The van der Waals surface area contributed by atoms with Crippen LogP contribution in [0.2, 0.25) is 0 Å². The number of rotatable bonds is 6. The number of hydrogen-bond donors (Lipinski definition) is 0. The average molecular weight is 795 g/mol. The van der Waals surface area contributed by atoms with Gasteiger partial charge in [-0.3, -0.25) is 0 Å². The van der Waals surface area contributed by atoms with Gasteiger partial charge in [-0.2, -0.15) is 5.26 Å². The number of allylic oxidation sites excluding steroid dienone is 2. The van der Waals surface area contributed by atoms with Crippen molar-refractivity contribution >= 4 is 39.3 Å². The van der Waals surface area contributed by atoms with Crippen LogP contribution >= 0.6 is 0 Å². The van der Waals surface area contributed by atoms with Crippen LogP contribution < -0.4 is 0 Å². The molecular weight excluding hydrogens is 753 g/mol. The summed E-state index contributed by atoms with van der Waals surface area (Å²) in [6, 6.07) is 59.9. The summed E-state index contributed by atoms with van der Waals surface area (Å²) in [4.78, 5) is 14.8. The fourth-order valence-electron chi connectivity index (χ4n) is 9.71. The molecule has 9 aromatic rings. The van der Waals surface area contributed by atoms with Crippen LogP contribution in [-0.2, 0) is 12.8 Å². The molecule has 11 rings (SSSR count). The highest BCUT2D eigenvalue weighted by Gasteiger charge is 2.25. The average Bonchev–Trinajstić information content (AvgIpc) is 3.34. The fraction of sp³-hybridized carbons (Fsp3) is 0.103.